The highest BCUT2D eigenvalue weighted by Gasteiger charge is 2.35. The van der Waals surface area contributed by atoms with Gasteiger partial charge in [0.05, 0.1) is 10.4 Å². The van der Waals surface area contributed by atoms with Gasteiger partial charge >= 0.3 is 11.9 Å². The molecular weight excluding hydrogens is 355 g/mol. The molecule has 0 bridgehead atoms. The molecule has 0 spiro atoms. The van der Waals surface area contributed by atoms with Crippen molar-refractivity contribution in [3.63, 3.8) is 0 Å². The Labute approximate surface area is 135 Å². The molecule has 3 rings (SSSR count). The van der Waals surface area contributed by atoms with Crippen LogP contribution in [0.25, 0.3) is 15.8 Å². The van der Waals surface area contributed by atoms with E-state index < -0.39 is 23.1 Å². The summed E-state index contributed by atoms with van der Waals surface area (Å²) in [5, 5.41) is 0.714. The molecule has 0 saturated heterocycles. The van der Waals surface area contributed by atoms with E-state index in [2.05, 4.69) is 4.37 Å². The SMILES string of the molecule is Cn1c(C(F)(F)F)cc(=O)n(-c2ccc3snc(Cl)c3c2)c1=O. The average molecular weight is 362 g/mol. The maximum absolute atomic E-state index is 12.8. The number of alkyl halides is 3. The topological polar surface area (TPSA) is 56.9 Å². The fourth-order valence-corrected chi connectivity index (χ4v) is 3.15. The van der Waals surface area contributed by atoms with Gasteiger partial charge in [-0.05, 0) is 29.7 Å². The molecule has 120 valence electrons. The Morgan fingerprint density at radius 2 is 1.91 bits per heavy atom. The highest BCUT2D eigenvalue weighted by atomic mass is 35.5. The van der Waals surface area contributed by atoms with Crippen molar-refractivity contribution in [3.05, 3.63) is 56.0 Å². The van der Waals surface area contributed by atoms with Crippen LogP contribution >= 0.6 is 23.1 Å². The van der Waals surface area contributed by atoms with Crippen molar-refractivity contribution in [2.75, 3.05) is 0 Å². The Hall–Kier alpha value is -2.13. The van der Waals surface area contributed by atoms with Gasteiger partial charge in [-0.15, -0.1) is 0 Å². The first-order valence-electron chi connectivity index (χ1n) is 6.16. The summed E-state index contributed by atoms with van der Waals surface area (Å²) in [7, 11) is 0.957. The third kappa shape index (κ3) is 2.55. The monoisotopic (exact) mass is 361 g/mol. The van der Waals surface area contributed by atoms with Gasteiger partial charge in [-0.25, -0.2) is 9.36 Å². The van der Waals surface area contributed by atoms with Crippen molar-refractivity contribution in [1.82, 2.24) is 13.5 Å². The van der Waals surface area contributed by atoms with Crippen LogP contribution in [0.15, 0.2) is 33.9 Å². The van der Waals surface area contributed by atoms with Gasteiger partial charge in [0, 0.05) is 18.5 Å². The number of nitrogens with zero attached hydrogens (tertiary/aromatic N) is 3. The minimum atomic E-state index is -4.79. The van der Waals surface area contributed by atoms with Crippen molar-refractivity contribution >= 4 is 33.2 Å². The number of hydrogen-bond acceptors (Lipinski definition) is 4. The van der Waals surface area contributed by atoms with Gasteiger partial charge in [0.25, 0.3) is 5.56 Å². The molecule has 5 nitrogen and oxygen atoms in total. The lowest BCUT2D eigenvalue weighted by atomic mass is 10.2. The Morgan fingerprint density at radius 3 is 2.57 bits per heavy atom. The van der Waals surface area contributed by atoms with E-state index >= 15 is 0 Å². The first-order chi connectivity index (χ1) is 10.7. The first kappa shape index (κ1) is 15.8. The highest BCUT2D eigenvalue weighted by Crippen LogP contribution is 2.29. The molecule has 0 unspecified atom stereocenters. The van der Waals surface area contributed by atoms with Gasteiger partial charge < -0.3 is 0 Å². The van der Waals surface area contributed by atoms with Crippen LogP contribution in [0.1, 0.15) is 5.69 Å². The highest BCUT2D eigenvalue weighted by molar-refractivity contribution is 7.13. The van der Waals surface area contributed by atoms with E-state index in [1.54, 1.807) is 6.07 Å². The largest absolute Gasteiger partial charge is 0.431 e. The van der Waals surface area contributed by atoms with Gasteiger partial charge in [0.2, 0.25) is 0 Å². The van der Waals surface area contributed by atoms with Crippen LogP contribution in [0, 0.1) is 0 Å². The molecule has 0 radical (unpaired) electrons. The zero-order valence-corrected chi connectivity index (χ0v) is 13.0. The third-order valence-corrected chi connectivity index (χ3v) is 4.49. The van der Waals surface area contributed by atoms with Crippen molar-refractivity contribution in [2.24, 2.45) is 7.05 Å². The van der Waals surface area contributed by atoms with E-state index in [0.29, 0.717) is 20.6 Å². The van der Waals surface area contributed by atoms with Crippen molar-refractivity contribution in [3.8, 4) is 5.69 Å². The maximum atomic E-state index is 12.8. The standard InChI is InChI=1S/C13H7ClF3N3O2S/c1-19-9(13(15,16)17)5-10(21)20(12(19)22)6-2-3-8-7(4-6)11(14)18-23-8/h2-5H,1H3. The van der Waals surface area contributed by atoms with Crippen molar-refractivity contribution in [1.29, 1.82) is 0 Å². The van der Waals surface area contributed by atoms with Gasteiger partial charge in [-0.3, -0.25) is 9.36 Å². The second-order valence-electron chi connectivity index (χ2n) is 4.70. The average Bonchev–Trinajstić information content (AvgIpc) is 2.83. The van der Waals surface area contributed by atoms with Gasteiger partial charge in [-0.1, -0.05) is 11.6 Å². The predicted molar refractivity (Wildman–Crippen MR) is 80.5 cm³/mol. The van der Waals surface area contributed by atoms with E-state index in [0.717, 1.165) is 23.3 Å². The summed E-state index contributed by atoms with van der Waals surface area (Å²) in [5.74, 6) is 0. The molecule has 3 aromatic rings. The molecule has 0 fully saturated rings. The summed E-state index contributed by atoms with van der Waals surface area (Å²) < 4.78 is 44.2. The third-order valence-electron chi connectivity index (χ3n) is 3.28. The zero-order valence-electron chi connectivity index (χ0n) is 11.4. The molecule has 0 N–H and O–H groups in total. The quantitative estimate of drug-likeness (QED) is 0.669. The first-order valence-corrected chi connectivity index (χ1v) is 7.31. The summed E-state index contributed by atoms with van der Waals surface area (Å²) in [6.07, 6.45) is -4.79. The van der Waals surface area contributed by atoms with E-state index in [1.807, 2.05) is 0 Å². The molecule has 0 aliphatic rings. The minimum Gasteiger partial charge on any atom is -0.292 e. The van der Waals surface area contributed by atoms with E-state index in [1.165, 1.54) is 12.1 Å². The van der Waals surface area contributed by atoms with Gasteiger partial charge in [-0.2, -0.15) is 17.5 Å². The van der Waals surface area contributed by atoms with E-state index in [4.69, 9.17) is 11.6 Å². The summed E-state index contributed by atoms with van der Waals surface area (Å²) in [6, 6.07) is 4.88. The van der Waals surface area contributed by atoms with Crippen LogP contribution in [-0.2, 0) is 13.2 Å². The van der Waals surface area contributed by atoms with Crippen LogP contribution in [0.5, 0.6) is 0 Å². The van der Waals surface area contributed by atoms with E-state index in [9.17, 15) is 22.8 Å². The van der Waals surface area contributed by atoms with Crippen LogP contribution in [0.4, 0.5) is 13.2 Å². The molecule has 1 aromatic carbocycles. The molecule has 0 amide bonds. The summed E-state index contributed by atoms with van der Waals surface area (Å²) >= 11 is 7.04. The number of benzene rings is 1. The molecule has 10 heteroatoms. The Balaban J connectivity index is 2.31. The lowest BCUT2D eigenvalue weighted by molar-refractivity contribution is -0.144. The minimum absolute atomic E-state index is 0.124. The molecule has 2 aromatic heterocycles. The molecule has 0 aliphatic heterocycles. The number of hydrogen-bond donors (Lipinski definition) is 0. The van der Waals surface area contributed by atoms with Gasteiger partial charge in [0.1, 0.15) is 5.69 Å². The van der Waals surface area contributed by atoms with Crippen LogP contribution < -0.4 is 11.2 Å². The summed E-state index contributed by atoms with van der Waals surface area (Å²) in [5.41, 5.74) is -3.35. The Kier molecular flexibility index (Phi) is 3.56. The molecule has 2 heterocycles. The molecule has 0 aliphatic carbocycles. The predicted octanol–water partition coefficient (Wildman–Crippen LogP) is 2.82. The van der Waals surface area contributed by atoms with E-state index in [-0.39, 0.29) is 10.8 Å². The zero-order chi connectivity index (χ0) is 16.9. The fourth-order valence-electron chi connectivity index (χ4n) is 2.17. The molecule has 0 saturated carbocycles. The van der Waals surface area contributed by atoms with Crippen LogP contribution in [0.3, 0.4) is 0 Å². The van der Waals surface area contributed by atoms with Crippen LogP contribution in [-0.4, -0.2) is 13.5 Å². The Morgan fingerprint density at radius 1 is 1.22 bits per heavy atom. The summed E-state index contributed by atoms with van der Waals surface area (Å²) in [6.45, 7) is 0. The van der Waals surface area contributed by atoms with Crippen molar-refractivity contribution in [2.45, 2.75) is 6.18 Å². The van der Waals surface area contributed by atoms with Crippen molar-refractivity contribution < 1.29 is 13.2 Å². The number of aromatic nitrogens is 3. The lowest BCUT2D eigenvalue weighted by Gasteiger charge is -2.13. The number of rotatable bonds is 1. The van der Waals surface area contributed by atoms with Gasteiger partial charge in [0.15, 0.2) is 5.15 Å². The number of halogens is 4. The maximum Gasteiger partial charge on any atom is 0.431 e. The molecule has 0 atom stereocenters. The lowest BCUT2D eigenvalue weighted by Crippen LogP contribution is -2.40. The smallest absolute Gasteiger partial charge is 0.292 e. The normalized spacial score (nSPS) is 12.0. The Bertz CT molecular complexity index is 1040. The fraction of sp³-hybridized carbons (Fsp3) is 0.154. The second-order valence-corrected chi connectivity index (χ2v) is 5.86. The summed E-state index contributed by atoms with van der Waals surface area (Å²) in [4.78, 5) is 24.2. The molecular formula is C13H7ClF3N3O2S. The van der Waals surface area contributed by atoms with Crippen LogP contribution in [0.2, 0.25) is 5.15 Å². The molecule has 23 heavy (non-hydrogen) atoms. The number of fused-ring (bicyclic) bond motifs is 1. The second kappa shape index (κ2) is 5.20.